The molecular weight excluding hydrogens is 488 g/mol. The number of ketones is 1. The van der Waals surface area contributed by atoms with Gasteiger partial charge in [0.05, 0.1) is 24.9 Å². The number of hydrogen-bond donors (Lipinski definition) is 1. The summed E-state index contributed by atoms with van der Waals surface area (Å²) in [6.07, 6.45) is 0.720. The predicted molar refractivity (Wildman–Crippen MR) is 142 cm³/mol. The molecule has 0 spiro atoms. The predicted octanol–water partition coefficient (Wildman–Crippen LogP) is 4.12. The van der Waals surface area contributed by atoms with Crippen molar-refractivity contribution in [2.24, 2.45) is 0 Å². The third-order valence-corrected chi connectivity index (χ3v) is 5.55. The number of carbonyl (C=O) groups is 3. The van der Waals surface area contributed by atoms with E-state index in [-0.39, 0.29) is 24.4 Å². The maximum atomic E-state index is 13.1. The van der Waals surface area contributed by atoms with Crippen LogP contribution < -0.4 is 5.69 Å². The van der Waals surface area contributed by atoms with Crippen LogP contribution in [0.5, 0.6) is 0 Å². The van der Waals surface area contributed by atoms with E-state index in [0.717, 1.165) is 6.08 Å². The second kappa shape index (κ2) is 12.6. The molecule has 2 aromatic carbocycles. The molecule has 0 aliphatic carbocycles. The first-order valence-electron chi connectivity index (χ1n) is 12.3. The molecule has 198 valence electrons. The third-order valence-electron chi connectivity index (χ3n) is 5.55. The summed E-state index contributed by atoms with van der Waals surface area (Å²) in [7, 11) is 0. The molecule has 9 nitrogen and oxygen atoms in total. The molecule has 9 heteroatoms. The van der Waals surface area contributed by atoms with E-state index < -0.39 is 35.3 Å². The number of nitrogens with zero attached hydrogens (tertiary/aromatic N) is 2. The Balaban J connectivity index is 1.97. The molecule has 3 rings (SSSR count). The first-order valence-corrected chi connectivity index (χ1v) is 12.3. The topological polar surface area (TPSA) is 125 Å². The fourth-order valence-corrected chi connectivity index (χ4v) is 3.85. The van der Waals surface area contributed by atoms with E-state index >= 15 is 0 Å². The molecule has 38 heavy (non-hydrogen) atoms. The molecule has 0 unspecified atom stereocenters. The fourth-order valence-electron chi connectivity index (χ4n) is 3.85. The van der Waals surface area contributed by atoms with Gasteiger partial charge in [-0.1, -0.05) is 61.5 Å². The van der Waals surface area contributed by atoms with E-state index in [1.807, 2.05) is 13.0 Å². The minimum absolute atomic E-state index is 0.112. The zero-order valence-electron chi connectivity index (χ0n) is 21.8. The van der Waals surface area contributed by atoms with Crippen molar-refractivity contribution in [3.8, 4) is 11.3 Å². The van der Waals surface area contributed by atoms with E-state index in [1.54, 1.807) is 69.3 Å². The van der Waals surface area contributed by atoms with Gasteiger partial charge in [0.1, 0.15) is 11.3 Å². The van der Waals surface area contributed by atoms with Crippen LogP contribution in [0.2, 0.25) is 0 Å². The number of esters is 2. The SMILES string of the molecule is CCOC(=O)c1c(-c2ccccc2)nc(=O)n(Cc2ccc(/C(O)=C/C(=O)C(=O)OC(C)C)cc2)c1CC. The Hall–Kier alpha value is -4.53. The Bertz CT molecular complexity index is 1410. The number of ether oxygens (including phenoxy) is 2. The number of hydrogen-bond acceptors (Lipinski definition) is 8. The Morgan fingerprint density at radius 2 is 1.68 bits per heavy atom. The highest BCUT2D eigenvalue weighted by molar-refractivity contribution is 6.39. The lowest BCUT2D eigenvalue weighted by Crippen LogP contribution is -2.30. The van der Waals surface area contributed by atoms with Crippen molar-refractivity contribution in [2.45, 2.75) is 46.8 Å². The lowest BCUT2D eigenvalue weighted by Gasteiger charge is -2.18. The van der Waals surface area contributed by atoms with Crippen molar-refractivity contribution in [3.63, 3.8) is 0 Å². The summed E-state index contributed by atoms with van der Waals surface area (Å²) in [5.74, 6) is -2.99. The normalized spacial score (nSPS) is 11.3. The summed E-state index contributed by atoms with van der Waals surface area (Å²) >= 11 is 0. The van der Waals surface area contributed by atoms with Crippen LogP contribution in [-0.2, 0) is 32.0 Å². The van der Waals surface area contributed by atoms with Gasteiger partial charge < -0.3 is 14.6 Å². The van der Waals surface area contributed by atoms with Crippen LogP contribution >= 0.6 is 0 Å². The van der Waals surface area contributed by atoms with Crippen molar-refractivity contribution in [1.82, 2.24) is 9.55 Å². The molecule has 0 aliphatic rings. The van der Waals surface area contributed by atoms with Crippen molar-refractivity contribution in [2.75, 3.05) is 6.61 Å². The average molecular weight is 519 g/mol. The number of carbonyl (C=O) groups excluding carboxylic acids is 3. The maximum Gasteiger partial charge on any atom is 0.379 e. The molecule has 0 fully saturated rings. The molecule has 1 heterocycles. The summed E-state index contributed by atoms with van der Waals surface area (Å²) in [6.45, 7) is 7.07. The van der Waals surface area contributed by atoms with Crippen molar-refractivity contribution >= 4 is 23.5 Å². The lowest BCUT2D eigenvalue weighted by atomic mass is 10.0. The smallest absolute Gasteiger partial charge is 0.379 e. The Kier molecular flexibility index (Phi) is 9.32. The van der Waals surface area contributed by atoms with Gasteiger partial charge in [0.15, 0.2) is 0 Å². The molecule has 0 atom stereocenters. The van der Waals surface area contributed by atoms with Crippen LogP contribution in [0.4, 0.5) is 0 Å². The summed E-state index contributed by atoms with van der Waals surface area (Å²) in [5.41, 5.74) is 2.10. The van der Waals surface area contributed by atoms with Gasteiger partial charge in [0.2, 0.25) is 0 Å². The molecule has 1 aromatic heterocycles. The summed E-state index contributed by atoms with van der Waals surface area (Å²) in [6, 6.07) is 15.4. The maximum absolute atomic E-state index is 13.1. The quantitative estimate of drug-likeness (QED) is 0.184. The van der Waals surface area contributed by atoms with Gasteiger partial charge in [0, 0.05) is 22.9 Å². The summed E-state index contributed by atoms with van der Waals surface area (Å²) in [5, 5.41) is 10.3. The number of aliphatic hydroxyl groups excluding tert-OH is 1. The Morgan fingerprint density at radius 1 is 1.03 bits per heavy atom. The first-order chi connectivity index (χ1) is 18.2. The molecule has 1 N–H and O–H groups in total. The van der Waals surface area contributed by atoms with Crippen LogP contribution in [0.25, 0.3) is 17.0 Å². The molecule has 0 bridgehead atoms. The van der Waals surface area contributed by atoms with Crippen molar-refractivity contribution in [3.05, 3.63) is 93.5 Å². The monoisotopic (exact) mass is 518 g/mol. The van der Waals surface area contributed by atoms with Crippen LogP contribution in [0.15, 0.2) is 65.5 Å². The van der Waals surface area contributed by atoms with Crippen LogP contribution in [0.1, 0.15) is 54.9 Å². The van der Waals surface area contributed by atoms with E-state index in [1.165, 1.54) is 4.57 Å². The Labute approximate surface area is 220 Å². The van der Waals surface area contributed by atoms with Gasteiger partial charge in [-0.2, -0.15) is 4.98 Å². The standard InChI is InChI=1S/C29H30N2O7/c1-5-22-25(28(35)37-6-2)26(21-10-8-7-9-11-21)30-29(36)31(22)17-19-12-14-20(15-13-19)23(32)16-24(33)27(34)38-18(3)4/h7-16,18,32H,5-6,17H2,1-4H3/b23-16-. The molecule has 0 saturated heterocycles. The van der Waals surface area contributed by atoms with E-state index in [9.17, 15) is 24.3 Å². The molecule has 0 amide bonds. The van der Waals surface area contributed by atoms with Gasteiger partial charge in [0.25, 0.3) is 5.78 Å². The number of aliphatic hydroxyl groups is 1. The van der Waals surface area contributed by atoms with Gasteiger partial charge in [-0.05, 0) is 32.8 Å². The number of rotatable bonds is 10. The largest absolute Gasteiger partial charge is 0.507 e. The molecular formula is C29H30N2O7. The summed E-state index contributed by atoms with van der Waals surface area (Å²) in [4.78, 5) is 54.0. The van der Waals surface area contributed by atoms with E-state index in [4.69, 9.17) is 9.47 Å². The highest BCUT2D eigenvalue weighted by atomic mass is 16.5. The van der Waals surface area contributed by atoms with Gasteiger partial charge in [-0.25, -0.2) is 14.4 Å². The van der Waals surface area contributed by atoms with E-state index in [2.05, 4.69) is 4.98 Å². The fraction of sp³-hybridized carbons (Fsp3) is 0.276. The Morgan fingerprint density at radius 3 is 2.26 bits per heavy atom. The zero-order chi connectivity index (χ0) is 27.8. The van der Waals surface area contributed by atoms with Crippen molar-refractivity contribution in [1.29, 1.82) is 0 Å². The van der Waals surface area contributed by atoms with Crippen LogP contribution in [0, 0.1) is 0 Å². The number of benzene rings is 2. The average Bonchev–Trinajstić information content (AvgIpc) is 2.89. The third kappa shape index (κ3) is 6.61. The molecule has 0 saturated carbocycles. The van der Waals surface area contributed by atoms with Crippen molar-refractivity contribution < 1.29 is 29.0 Å². The second-order valence-electron chi connectivity index (χ2n) is 8.64. The number of aromatic nitrogens is 2. The van der Waals surface area contributed by atoms with Crippen LogP contribution in [0.3, 0.4) is 0 Å². The van der Waals surface area contributed by atoms with Gasteiger partial charge in [-0.15, -0.1) is 0 Å². The highest BCUT2D eigenvalue weighted by Crippen LogP contribution is 2.25. The van der Waals surface area contributed by atoms with Crippen LogP contribution in [-0.4, -0.2) is 45.1 Å². The molecule has 3 aromatic rings. The minimum atomic E-state index is -1.06. The highest BCUT2D eigenvalue weighted by Gasteiger charge is 2.24. The lowest BCUT2D eigenvalue weighted by molar-refractivity contribution is -0.154. The van der Waals surface area contributed by atoms with E-state index in [0.29, 0.717) is 28.8 Å². The first kappa shape index (κ1) is 28.0. The van der Waals surface area contributed by atoms with Gasteiger partial charge >= 0.3 is 17.6 Å². The summed E-state index contributed by atoms with van der Waals surface area (Å²) < 4.78 is 11.6. The second-order valence-corrected chi connectivity index (χ2v) is 8.64. The molecule has 0 aliphatic heterocycles. The zero-order valence-corrected chi connectivity index (χ0v) is 21.8. The molecule has 0 radical (unpaired) electrons. The van der Waals surface area contributed by atoms with Gasteiger partial charge in [-0.3, -0.25) is 9.36 Å². The minimum Gasteiger partial charge on any atom is -0.507 e.